The van der Waals surface area contributed by atoms with Crippen LogP contribution in [0.15, 0.2) is 27.6 Å². The molecule has 0 amide bonds. The van der Waals surface area contributed by atoms with Gasteiger partial charge in [-0.15, -0.1) is 12.4 Å². The summed E-state index contributed by atoms with van der Waals surface area (Å²) < 4.78 is 28.0. The second-order valence-corrected chi connectivity index (χ2v) is 7.66. The van der Waals surface area contributed by atoms with Crippen LogP contribution in [0, 0.1) is 0 Å². The molecule has 0 saturated carbocycles. The van der Waals surface area contributed by atoms with Gasteiger partial charge in [-0.1, -0.05) is 17.7 Å². The molecule has 0 bridgehead atoms. The number of piperidine rings is 1. The minimum absolute atomic E-state index is 0. The van der Waals surface area contributed by atoms with Crippen molar-refractivity contribution in [3.05, 3.63) is 27.7 Å². The van der Waals surface area contributed by atoms with Crippen LogP contribution in [0.4, 0.5) is 0 Å². The molecule has 4 nitrogen and oxygen atoms in total. The van der Waals surface area contributed by atoms with Crippen LogP contribution in [0.1, 0.15) is 19.8 Å². The molecule has 0 spiro atoms. The zero-order valence-electron chi connectivity index (χ0n) is 10.9. The smallest absolute Gasteiger partial charge is 0.242 e. The van der Waals surface area contributed by atoms with Crippen LogP contribution in [0.3, 0.4) is 0 Å². The third-order valence-electron chi connectivity index (χ3n) is 3.15. The summed E-state index contributed by atoms with van der Waals surface area (Å²) in [5.41, 5.74) is 0. The van der Waals surface area contributed by atoms with Crippen molar-refractivity contribution in [2.75, 3.05) is 6.54 Å². The van der Waals surface area contributed by atoms with E-state index in [0.717, 1.165) is 19.4 Å². The normalized spacial score (nSPS) is 23.1. The Morgan fingerprint density at radius 2 is 2.15 bits per heavy atom. The van der Waals surface area contributed by atoms with E-state index in [0.29, 0.717) is 10.5 Å². The van der Waals surface area contributed by atoms with Gasteiger partial charge >= 0.3 is 0 Å². The lowest BCUT2D eigenvalue weighted by Crippen LogP contribution is -2.46. The van der Waals surface area contributed by atoms with E-state index in [1.165, 1.54) is 6.07 Å². The van der Waals surface area contributed by atoms with Crippen molar-refractivity contribution in [3.63, 3.8) is 0 Å². The molecule has 1 fully saturated rings. The van der Waals surface area contributed by atoms with E-state index in [-0.39, 0.29) is 28.4 Å². The van der Waals surface area contributed by atoms with Gasteiger partial charge in [0.05, 0.1) is 5.02 Å². The first-order valence-corrected chi connectivity index (χ1v) is 8.75. The van der Waals surface area contributed by atoms with Gasteiger partial charge in [-0.05, 0) is 54.4 Å². The van der Waals surface area contributed by atoms with E-state index in [9.17, 15) is 8.42 Å². The molecular weight excluding hydrogens is 387 g/mol. The maximum Gasteiger partial charge on any atom is 0.242 e. The van der Waals surface area contributed by atoms with E-state index in [1.807, 2.05) is 6.92 Å². The summed E-state index contributed by atoms with van der Waals surface area (Å²) in [6, 6.07) is 5.17. The molecule has 0 aromatic heterocycles. The minimum atomic E-state index is -3.58. The first-order valence-electron chi connectivity index (χ1n) is 6.10. The minimum Gasteiger partial charge on any atom is -0.314 e. The molecule has 2 N–H and O–H groups in total. The maximum atomic E-state index is 12.3. The molecule has 20 heavy (non-hydrogen) atoms. The number of halogens is 3. The maximum absolute atomic E-state index is 12.3. The molecule has 1 aliphatic rings. The molecule has 1 heterocycles. The SMILES string of the molecule is CC1CC(NS(=O)(=O)c2cccc(Br)c2Cl)CCN1.Cl. The van der Waals surface area contributed by atoms with Gasteiger partial charge in [-0.25, -0.2) is 13.1 Å². The highest BCUT2D eigenvalue weighted by Crippen LogP contribution is 2.29. The molecule has 2 atom stereocenters. The summed E-state index contributed by atoms with van der Waals surface area (Å²) in [7, 11) is -3.58. The summed E-state index contributed by atoms with van der Waals surface area (Å²) in [5, 5.41) is 3.51. The Morgan fingerprint density at radius 1 is 1.45 bits per heavy atom. The fourth-order valence-electron chi connectivity index (χ4n) is 2.21. The molecule has 1 aromatic carbocycles. The third kappa shape index (κ3) is 4.32. The fraction of sp³-hybridized carbons (Fsp3) is 0.500. The van der Waals surface area contributed by atoms with E-state index >= 15 is 0 Å². The molecule has 1 saturated heterocycles. The predicted molar refractivity (Wildman–Crippen MR) is 87.2 cm³/mol. The zero-order valence-corrected chi connectivity index (χ0v) is 14.9. The molecule has 0 aliphatic carbocycles. The monoisotopic (exact) mass is 402 g/mol. The number of rotatable bonds is 3. The van der Waals surface area contributed by atoms with Crippen molar-refractivity contribution in [2.45, 2.75) is 36.7 Å². The third-order valence-corrected chi connectivity index (χ3v) is 6.12. The average Bonchev–Trinajstić information content (AvgIpc) is 2.32. The molecule has 0 radical (unpaired) electrons. The highest BCUT2D eigenvalue weighted by molar-refractivity contribution is 9.10. The lowest BCUT2D eigenvalue weighted by Gasteiger charge is -2.28. The van der Waals surface area contributed by atoms with Gasteiger partial charge in [0.1, 0.15) is 4.90 Å². The Morgan fingerprint density at radius 3 is 2.80 bits per heavy atom. The van der Waals surface area contributed by atoms with Crippen molar-refractivity contribution in [1.29, 1.82) is 0 Å². The average molecular weight is 404 g/mol. The van der Waals surface area contributed by atoms with Gasteiger partial charge in [0.25, 0.3) is 0 Å². The van der Waals surface area contributed by atoms with Gasteiger partial charge in [0.2, 0.25) is 10.0 Å². The lowest BCUT2D eigenvalue weighted by molar-refractivity contribution is 0.361. The first-order chi connectivity index (χ1) is 8.90. The van der Waals surface area contributed by atoms with Crippen molar-refractivity contribution in [2.24, 2.45) is 0 Å². The van der Waals surface area contributed by atoms with Crippen molar-refractivity contribution in [1.82, 2.24) is 10.0 Å². The van der Waals surface area contributed by atoms with Crippen LogP contribution >= 0.6 is 39.9 Å². The Balaban J connectivity index is 0.00000200. The Bertz CT molecular complexity index is 569. The second kappa shape index (κ2) is 7.42. The molecule has 114 valence electrons. The van der Waals surface area contributed by atoms with Crippen molar-refractivity contribution >= 4 is 50.0 Å². The summed E-state index contributed by atoms with van der Waals surface area (Å²) >= 11 is 9.28. The quantitative estimate of drug-likeness (QED) is 0.815. The molecule has 2 unspecified atom stereocenters. The van der Waals surface area contributed by atoms with Crippen LogP contribution in [0.2, 0.25) is 5.02 Å². The Labute approximate surface area is 139 Å². The van der Waals surface area contributed by atoms with Crippen molar-refractivity contribution < 1.29 is 8.42 Å². The van der Waals surface area contributed by atoms with E-state index < -0.39 is 10.0 Å². The number of nitrogens with one attached hydrogen (secondary N) is 2. The second-order valence-electron chi connectivity index (χ2n) is 4.75. The van der Waals surface area contributed by atoms with E-state index in [1.54, 1.807) is 12.1 Å². The largest absolute Gasteiger partial charge is 0.314 e. The zero-order chi connectivity index (χ0) is 14.0. The van der Waals surface area contributed by atoms with Gasteiger partial charge in [-0.2, -0.15) is 0 Å². The Hall–Kier alpha value is 0.150. The fourth-order valence-corrected chi connectivity index (χ4v) is 4.53. The van der Waals surface area contributed by atoms with Crippen LogP contribution in [0.25, 0.3) is 0 Å². The molecule has 1 aromatic rings. The molecule has 1 aliphatic heterocycles. The molecule has 2 rings (SSSR count). The van der Waals surface area contributed by atoms with Crippen LogP contribution in [-0.2, 0) is 10.0 Å². The highest BCUT2D eigenvalue weighted by atomic mass is 79.9. The van der Waals surface area contributed by atoms with Gasteiger partial charge in [0.15, 0.2) is 0 Å². The number of hydrogen-bond donors (Lipinski definition) is 2. The molecule has 8 heteroatoms. The van der Waals surface area contributed by atoms with Crippen LogP contribution in [0.5, 0.6) is 0 Å². The summed E-state index contributed by atoms with van der Waals surface area (Å²) in [6.07, 6.45) is 1.57. The Kier molecular flexibility index (Phi) is 6.76. The van der Waals surface area contributed by atoms with Gasteiger partial charge in [0, 0.05) is 16.6 Å². The first kappa shape index (κ1) is 18.2. The summed E-state index contributed by atoms with van der Waals surface area (Å²) in [5.74, 6) is 0. The van der Waals surface area contributed by atoms with E-state index in [4.69, 9.17) is 11.6 Å². The predicted octanol–water partition coefficient (Wildman–Crippen LogP) is 2.94. The standard InChI is InChI=1S/C12H16BrClN2O2S.ClH/c1-8-7-9(5-6-15-8)16-19(17,18)11-4-2-3-10(13)12(11)14;/h2-4,8-9,15-16H,5-7H2,1H3;1H. The lowest BCUT2D eigenvalue weighted by atomic mass is 10.0. The van der Waals surface area contributed by atoms with E-state index in [2.05, 4.69) is 26.0 Å². The van der Waals surface area contributed by atoms with Gasteiger partial charge in [-0.3, -0.25) is 0 Å². The summed E-state index contributed by atoms with van der Waals surface area (Å²) in [6.45, 7) is 2.87. The van der Waals surface area contributed by atoms with Crippen LogP contribution in [-0.4, -0.2) is 27.0 Å². The topological polar surface area (TPSA) is 58.2 Å². The number of hydrogen-bond acceptors (Lipinski definition) is 3. The molecular formula is C12H17BrCl2N2O2S. The van der Waals surface area contributed by atoms with Gasteiger partial charge < -0.3 is 5.32 Å². The number of benzene rings is 1. The van der Waals surface area contributed by atoms with Crippen molar-refractivity contribution in [3.8, 4) is 0 Å². The number of sulfonamides is 1. The highest BCUT2D eigenvalue weighted by Gasteiger charge is 2.26. The summed E-state index contributed by atoms with van der Waals surface area (Å²) in [4.78, 5) is 0.120. The van der Waals surface area contributed by atoms with Crippen LogP contribution < -0.4 is 10.0 Å².